The average Bonchev–Trinajstić information content (AvgIpc) is 1.98. The van der Waals surface area contributed by atoms with Gasteiger partial charge in [0.1, 0.15) is 0 Å². The lowest BCUT2D eigenvalue weighted by Gasteiger charge is -2.00. The molecule has 0 fully saturated rings. The maximum absolute atomic E-state index is 10.6. The van der Waals surface area contributed by atoms with Gasteiger partial charge in [-0.1, -0.05) is 0 Å². The van der Waals surface area contributed by atoms with E-state index in [0.29, 0.717) is 0 Å². The van der Waals surface area contributed by atoms with Crippen molar-refractivity contribution >= 4 is 18.2 Å². The van der Waals surface area contributed by atoms with Gasteiger partial charge < -0.3 is 10.2 Å². The van der Waals surface area contributed by atoms with E-state index in [0.717, 1.165) is 0 Å². The van der Waals surface area contributed by atoms with E-state index in [4.69, 9.17) is 0 Å². The molecule has 0 aliphatic carbocycles. The van der Waals surface area contributed by atoms with E-state index in [2.05, 4.69) is 10.3 Å². The van der Waals surface area contributed by atoms with Crippen molar-refractivity contribution in [3.05, 3.63) is 0 Å². The van der Waals surface area contributed by atoms with E-state index in [1.807, 2.05) is 0 Å². The van der Waals surface area contributed by atoms with Crippen LogP contribution in [0.2, 0.25) is 0 Å². The first-order chi connectivity index (χ1) is 5.07. The number of carbonyl (C=O) groups excluding carboxylic acids is 2. The van der Waals surface area contributed by atoms with Gasteiger partial charge in [0, 0.05) is 21.1 Å². The van der Waals surface area contributed by atoms with Crippen LogP contribution in [0.15, 0.2) is 4.99 Å². The Kier molecular flexibility index (Phi) is 3.87. The zero-order valence-electron chi connectivity index (χ0n) is 6.79. The predicted molar refractivity (Wildman–Crippen MR) is 41.3 cm³/mol. The summed E-state index contributed by atoms with van der Waals surface area (Å²) in [6, 6.07) is 0. The quantitative estimate of drug-likeness (QED) is 0.297. The minimum atomic E-state index is -0.791. The molecule has 0 saturated carbocycles. The molecule has 0 aromatic rings. The third kappa shape index (κ3) is 4.07. The highest BCUT2D eigenvalue weighted by Crippen LogP contribution is 1.74. The lowest BCUT2D eigenvalue weighted by atomic mass is 10.6. The number of hydrogen-bond donors (Lipinski definition) is 1. The third-order valence-corrected chi connectivity index (χ3v) is 0.827. The highest BCUT2D eigenvalue weighted by atomic mass is 16.2. The predicted octanol–water partition coefficient (Wildman–Crippen LogP) is -1.15. The monoisotopic (exact) mass is 157 g/mol. The van der Waals surface area contributed by atoms with Crippen LogP contribution in [-0.4, -0.2) is 44.2 Å². The largest absolute Gasteiger partial charge is 0.369 e. The first-order valence-electron chi connectivity index (χ1n) is 3.04. The fourth-order valence-electron chi connectivity index (χ4n) is 0.333. The van der Waals surface area contributed by atoms with Crippen molar-refractivity contribution in [2.75, 3.05) is 21.1 Å². The summed E-state index contributed by atoms with van der Waals surface area (Å²) in [7, 11) is 4.80. The van der Waals surface area contributed by atoms with Gasteiger partial charge in [-0.25, -0.2) is 0 Å². The molecule has 11 heavy (non-hydrogen) atoms. The zero-order chi connectivity index (χ0) is 8.85. The lowest BCUT2D eigenvalue weighted by molar-refractivity contribution is -0.136. The summed E-state index contributed by atoms with van der Waals surface area (Å²) in [5.74, 6) is -1.50. The van der Waals surface area contributed by atoms with Crippen molar-refractivity contribution in [1.29, 1.82) is 0 Å². The minimum Gasteiger partial charge on any atom is -0.369 e. The molecule has 0 heterocycles. The molecule has 0 aliphatic rings. The Bertz CT molecular complexity index is 186. The number of likely N-dealkylation sites (N-methyl/N-ethyl adjacent to an activating group) is 1. The van der Waals surface area contributed by atoms with Crippen LogP contribution in [0, 0.1) is 0 Å². The zero-order valence-corrected chi connectivity index (χ0v) is 6.79. The molecule has 0 spiro atoms. The molecule has 0 aliphatic heterocycles. The number of carbonyl (C=O) groups is 2. The normalized spacial score (nSPS) is 9.73. The number of rotatable bonds is 1. The fourth-order valence-corrected chi connectivity index (χ4v) is 0.333. The highest BCUT2D eigenvalue weighted by molar-refractivity contribution is 6.36. The highest BCUT2D eigenvalue weighted by Gasteiger charge is 2.07. The number of hydrogen-bond acceptors (Lipinski definition) is 2. The SMILES string of the molecule is CNC(=O)C(=O)/N=C/N(C)C. The van der Waals surface area contributed by atoms with Crippen LogP contribution >= 0.6 is 0 Å². The van der Waals surface area contributed by atoms with E-state index in [-0.39, 0.29) is 0 Å². The van der Waals surface area contributed by atoms with Crippen LogP contribution in [-0.2, 0) is 9.59 Å². The van der Waals surface area contributed by atoms with Gasteiger partial charge in [-0.05, 0) is 0 Å². The Balaban J connectivity index is 3.97. The van der Waals surface area contributed by atoms with E-state index >= 15 is 0 Å². The second-order valence-corrected chi connectivity index (χ2v) is 2.09. The van der Waals surface area contributed by atoms with Crippen LogP contribution in [0.5, 0.6) is 0 Å². The molecule has 0 radical (unpaired) electrons. The third-order valence-electron chi connectivity index (χ3n) is 0.827. The van der Waals surface area contributed by atoms with E-state index in [1.54, 1.807) is 19.0 Å². The molecule has 0 atom stereocenters. The molecule has 5 heteroatoms. The second kappa shape index (κ2) is 4.43. The Hall–Kier alpha value is -1.39. The van der Waals surface area contributed by atoms with Gasteiger partial charge in [0.15, 0.2) is 0 Å². The number of amides is 2. The molecule has 0 saturated heterocycles. The van der Waals surface area contributed by atoms with Crippen LogP contribution in [0.1, 0.15) is 0 Å². The van der Waals surface area contributed by atoms with Gasteiger partial charge in [0.2, 0.25) is 0 Å². The molecule has 0 aromatic heterocycles. The molecule has 0 bridgehead atoms. The Morgan fingerprint density at radius 3 is 2.36 bits per heavy atom. The van der Waals surface area contributed by atoms with Crippen LogP contribution in [0.4, 0.5) is 0 Å². The summed E-state index contributed by atoms with van der Waals surface area (Å²) in [4.78, 5) is 26.1. The summed E-state index contributed by atoms with van der Waals surface area (Å²) < 4.78 is 0. The summed E-state index contributed by atoms with van der Waals surface area (Å²) in [6.45, 7) is 0. The maximum Gasteiger partial charge on any atom is 0.336 e. The average molecular weight is 157 g/mol. The van der Waals surface area contributed by atoms with Crippen molar-refractivity contribution in [2.24, 2.45) is 4.99 Å². The minimum absolute atomic E-state index is 0.705. The lowest BCUT2D eigenvalue weighted by Crippen LogP contribution is -2.26. The fraction of sp³-hybridized carbons (Fsp3) is 0.500. The van der Waals surface area contributed by atoms with Crippen molar-refractivity contribution in [2.45, 2.75) is 0 Å². The van der Waals surface area contributed by atoms with Crippen molar-refractivity contribution in [3.8, 4) is 0 Å². The first-order valence-corrected chi connectivity index (χ1v) is 3.04. The van der Waals surface area contributed by atoms with Gasteiger partial charge in [0.05, 0.1) is 6.34 Å². The van der Waals surface area contributed by atoms with E-state index in [9.17, 15) is 9.59 Å². The summed E-state index contributed by atoms with van der Waals surface area (Å²) in [5.41, 5.74) is 0. The van der Waals surface area contributed by atoms with E-state index in [1.165, 1.54) is 13.4 Å². The maximum atomic E-state index is 10.6. The van der Waals surface area contributed by atoms with Crippen molar-refractivity contribution in [1.82, 2.24) is 10.2 Å². The topological polar surface area (TPSA) is 61.8 Å². The summed E-state index contributed by atoms with van der Waals surface area (Å²) >= 11 is 0. The van der Waals surface area contributed by atoms with Gasteiger partial charge in [-0.3, -0.25) is 9.59 Å². The number of nitrogens with one attached hydrogen (secondary N) is 1. The number of aliphatic imine (C=N–C) groups is 1. The van der Waals surface area contributed by atoms with Crippen LogP contribution < -0.4 is 5.32 Å². The number of nitrogens with zero attached hydrogens (tertiary/aromatic N) is 2. The Morgan fingerprint density at radius 1 is 1.45 bits per heavy atom. The standard InChI is InChI=1S/C6H11N3O2/c1-7-5(10)6(11)8-4-9(2)3/h4H,1-3H3,(H,7,10)/b8-4+. The molecular weight excluding hydrogens is 146 g/mol. The van der Waals surface area contributed by atoms with E-state index < -0.39 is 11.8 Å². The van der Waals surface area contributed by atoms with Gasteiger partial charge in [0.25, 0.3) is 0 Å². The molecule has 0 aromatic carbocycles. The second-order valence-electron chi connectivity index (χ2n) is 2.09. The van der Waals surface area contributed by atoms with Gasteiger partial charge in [-0.2, -0.15) is 4.99 Å². The Morgan fingerprint density at radius 2 is 2.00 bits per heavy atom. The van der Waals surface area contributed by atoms with Crippen molar-refractivity contribution < 1.29 is 9.59 Å². The molecule has 62 valence electrons. The molecule has 1 N–H and O–H groups in total. The van der Waals surface area contributed by atoms with Crippen molar-refractivity contribution in [3.63, 3.8) is 0 Å². The van der Waals surface area contributed by atoms with Crippen LogP contribution in [0.25, 0.3) is 0 Å². The molecule has 0 unspecified atom stereocenters. The molecular formula is C6H11N3O2. The summed E-state index contributed by atoms with van der Waals surface area (Å²) in [5, 5.41) is 2.17. The Labute approximate surface area is 65.1 Å². The van der Waals surface area contributed by atoms with Gasteiger partial charge >= 0.3 is 11.8 Å². The smallest absolute Gasteiger partial charge is 0.336 e. The van der Waals surface area contributed by atoms with Gasteiger partial charge in [-0.15, -0.1) is 0 Å². The summed E-state index contributed by atoms with van der Waals surface area (Å²) in [6.07, 6.45) is 1.28. The first kappa shape index (κ1) is 9.61. The van der Waals surface area contributed by atoms with Crippen LogP contribution in [0.3, 0.4) is 0 Å². The molecule has 2 amide bonds. The molecule has 5 nitrogen and oxygen atoms in total. The molecule has 0 rings (SSSR count).